The second kappa shape index (κ2) is 3.51. The molecule has 6 nitrogen and oxygen atoms in total. The third-order valence-corrected chi connectivity index (χ3v) is 2.21. The van der Waals surface area contributed by atoms with Crippen molar-refractivity contribution in [1.29, 1.82) is 5.41 Å². The van der Waals surface area contributed by atoms with Gasteiger partial charge in [-0.15, -0.1) is 0 Å². The summed E-state index contributed by atoms with van der Waals surface area (Å²) in [5.74, 6) is 0.0116. The summed E-state index contributed by atoms with van der Waals surface area (Å²) < 4.78 is 0. The lowest BCUT2D eigenvalue weighted by molar-refractivity contribution is 0.105. The first-order chi connectivity index (χ1) is 6.02. The van der Waals surface area contributed by atoms with Crippen LogP contribution in [-0.4, -0.2) is 52.6 Å². The van der Waals surface area contributed by atoms with Gasteiger partial charge in [-0.05, 0) is 6.92 Å². The van der Waals surface area contributed by atoms with E-state index < -0.39 is 6.09 Å². The Labute approximate surface area is 76.4 Å². The zero-order chi connectivity index (χ0) is 10.0. The van der Waals surface area contributed by atoms with Crippen LogP contribution in [-0.2, 0) is 0 Å². The number of rotatable bonds is 0. The Morgan fingerprint density at radius 3 is 2.62 bits per heavy atom. The summed E-state index contributed by atoms with van der Waals surface area (Å²) >= 11 is 0. The summed E-state index contributed by atoms with van der Waals surface area (Å²) in [7, 11) is 0. The maximum atomic E-state index is 10.6. The maximum absolute atomic E-state index is 10.6. The van der Waals surface area contributed by atoms with Crippen LogP contribution in [0.1, 0.15) is 6.92 Å². The highest BCUT2D eigenvalue weighted by Gasteiger charge is 2.26. The molecule has 1 aliphatic heterocycles. The van der Waals surface area contributed by atoms with Crippen molar-refractivity contribution in [2.75, 3.05) is 19.6 Å². The van der Waals surface area contributed by atoms with Crippen LogP contribution in [0.15, 0.2) is 0 Å². The van der Waals surface area contributed by atoms with Crippen molar-refractivity contribution in [1.82, 2.24) is 9.80 Å². The lowest BCUT2D eigenvalue weighted by Crippen LogP contribution is -2.56. The molecule has 1 unspecified atom stereocenters. The van der Waals surface area contributed by atoms with Gasteiger partial charge in [0.05, 0.1) is 0 Å². The van der Waals surface area contributed by atoms with Gasteiger partial charge in [0.2, 0.25) is 0 Å². The van der Waals surface area contributed by atoms with E-state index >= 15 is 0 Å². The van der Waals surface area contributed by atoms with Crippen LogP contribution in [0.5, 0.6) is 0 Å². The van der Waals surface area contributed by atoms with E-state index in [4.69, 9.17) is 16.2 Å². The fourth-order valence-corrected chi connectivity index (χ4v) is 1.49. The van der Waals surface area contributed by atoms with Crippen LogP contribution in [0.4, 0.5) is 4.79 Å². The van der Waals surface area contributed by atoms with Crippen LogP contribution in [0.2, 0.25) is 0 Å². The molecule has 1 atom stereocenters. The monoisotopic (exact) mass is 186 g/mol. The molecule has 0 aromatic heterocycles. The number of piperazine rings is 1. The van der Waals surface area contributed by atoms with Crippen molar-refractivity contribution >= 4 is 12.1 Å². The highest BCUT2D eigenvalue weighted by molar-refractivity contribution is 5.75. The predicted octanol–water partition coefficient (Wildman–Crippen LogP) is -0.436. The summed E-state index contributed by atoms with van der Waals surface area (Å²) in [5.41, 5.74) is 5.32. The SMILES string of the molecule is CC1CN(C(=O)O)CCN1C(=N)N. The standard InChI is InChI=1S/C7H14N4O2/c1-5-4-10(7(12)13)2-3-11(5)6(8)9/h5H,2-4H2,1H3,(H3,8,9)(H,12,13). The van der Waals surface area contributed by atoms with Crippen LogP contribution in [0.3, 0.4) is 0 Å². The Kier molecular flexibility index (Phi) is 2.60. The second-order valence-corrected chi connectivity index (χ2v) is 3.16. The molecule has 1 aliphatic rings. The van der Waals surface area contributed by atoms with E-state index in [1.807, 2.05) is 6.92 Å². The summed E-state index contributed by atoms with van der Waals surface area (Å²) in [5, 5.41) is 15.9. The molecule has 1 saturated heterocycles. The molecule has 6 heteroatoms. The van der Waals surface area contributed by atoms with Crippen molar-refractivity contribution < 1.29 is 9.90 Å². The molecule has 1 amide bonds. The van der Waals surface area contributed by atoms with Gasteiger partial charge in [0.1, 0.15) is 0 Å². The van der Waals surface area contributed by atoms with Gasteiger partial charge in [-0.2, -0.15) is 0 Å². The number of nitrogens with one attached hydrogen (secondary N) is 1. The zero-order valence-corrected chi connectivity index (χ0v) is 7.53. The van der Waals surface area contributed by atoms with Crippen molar-refractivity contribution in [3.05, 3.63) is 0 Å². The lowest BCUT2D eigenvalue weighted by Gasteiger charge is -2.38. The minimum atomic E-state index is -0.907. The summed E-state index contributed by atoms with van der Waals surface area (Å²) in [4.78, 5) is 13.6. The third kappa shape index (κ3) is 2.01. The molecule has 0 aromatic carbocycles. The number of nitrogens with zero attached hydrogens (tertiary/aromatic N) is 2. The molecule has 0 spiro atoms. The van der Waals surface area contributed by atoms with E-state index in [2.05, 4.69) is 0 Å². The largest absolute Gasteiger partial charge is 0.465 e. The first-order valence-electron chi connectivity index (χ1n) is 4.11. The number of guanidine groups is 1. The van der Waals surface area contributed by atoms with E-state index in [0.29, 0.717) is 19.6 Å². The summed E-state index contributed by atoms with van der Waals surface area (Å²) in [6.07, 6.45) is -0.907. The van der Waals surface area contributed by atoms with Crippen LogP contribution in [0, 0.1) is 5.41 Å². The Balaban J connectivity index is 2.56. The average Bonchev–Trinajstić information content (AvgIpc) is 2.03. The Hall–Kier alpha value is -1.46. The fraction of sp³-hybridized carbons (Fsp3) is 0.714. The van der Waals surface area contributed by atoms with E-state index in [-0.39, 0.29) is 12.0 Å². The topological polar surface area (TPSA) is 93.7 Å². The van der Waals surface area contributed by atoms with Crippen LogP contribution in [0.25, 0.3) is 0 Å². The van der Waals surface area contributed by atoms with E-state index in [9.17, 15) is 4.79 Å². The summed E-state index contributed by atoms with van der Waals surface area (Å²) in [6, 6.07) is -0.0117. The van der Waals surface area contributed by atoms with Gasteiger partial charge in [0.15, 0.2) is 5.96 Å². The fourth-order valence-electron chi connectivity index (χ4n) is 1.49. The smallest absolute Gasteiger partial charge is 0.407 e. The predicted molar refractivity (Wildman–Crippen MR) is 47.7 cm³/mol. The van der Waals surface area contributed by atoms with Gasteiger partial charge in [-0.25, -0.2) is 4.79 Å². The molecule has 4 N–H and O–H groups in total. The van der Waals surface area contributed by atoms with Crippen molar-refractivity contribution in [2.45, 2.75) is 13.0 Å². The Morgan fingerprint density at radius 2 is 2.23 bits per heavy atom. The molecule has 0 bridgehead atoms. The number of carboxylic acid groups (broad SMARTS) is 1. The van der Waals surface area contributed by atoms with E-state index in [1.165, 1.54) is 4.90 Å². The number of amides is 1. The highest BCUT2D eigenvalue weighted by atomic mass is 16.4. The molecule has 1 fully saturated rings. The molecule has 1 heterocycles. The van der Waals surface area contributed by atoms with Crippen molar-refractivity contribution in [3.8, 4) is 0 Å². The number of hydrogen-bond acceptors (Lipinski definition) is 2. The molecule has 0 aliphatic carbocycles. The molecular weight excluding hydrogens is 172 g/mol. The first-order valence-corrected chi connectivity index (χ1v) is 4.11. The molecule has 0 saturated carbocycles. The van der Waals surface area contributed by atoms with Gasteiger partial charge < -0.3 is 20.6 Å². The molecule has 74 valence electrons. The molecule has 0 radical (unpaired) electrons. The Morgan fingerprint density at radius 1 is 1.62 bits per heavy atom. The minimum Gasteiger partial charge on any atom is -0.465 e. The van der Waals surface area contributed by atoms with Gasteiger partial charge in [-0.1, -0.05) is 0 Å². The average molecular weight is 186 g/mol. The highest BCUT2D eigenvalue weighted by Crippen LogP contribution is 2.08. The van der Waals surface area contributed by atoms with Gasteiger partial charge in [0.25, 0.3) is 0 Å². The normalized spacial score (nSPS) is 23.0. The van der Waals surface area contributed by atoms with Crippen LogP contribution >= 0.6 is 0 Å². The molecular formula is C7H14N4O2. The van der Waals surface area contributed by atoms with Crippen molar-refractivity contribution in [3.63, 3.8) is 0 Å². The molecule has 1 rings (SSSR count). The van der Waals surface area contributed by atoms with Crippen molar-refractivity contribution in [2.24, 2.45) is 5.73 Å². The number of nitrogens with two attached hydrogens (primary N) is 1. The van der Waals surface area contributed by atoms with E-state index in [0.717, 1.165) is 0 Å². The second-order valence-electron chi connectivity index (χ2n) is 3.16. The van der Waals surface area contributed by atoms with Crippen LogP contribution < -0.4 is 5.73 Å². The van der Waals surface area contributed by atoms with Gasteiger partial charge in [-0.3, -0.25) is 5.41 Å². The lowest BCUT2D eigenvalue weighted by atomic mass is 10.2. The summed E-state index contributed by atoms with van der Waals surface area (Å²) in [6.45, 7) is 3.19. The Bertz CT molecular complexity index is 231. The zero-order valence-electron chi connectivity index (χ0n) is 7.53. The van der Waals surface area contributed by atoms with Gasteiger partial charge in [0, 0.05) is 25.7 Å². The maximum Gasteiger partial charge on any atom is 0.407 e. The molecule has 13 heavy (non-hydrogen) atoms. The van der Waals surface area contributed by atoms with E-state index in [1.54, 1.807) is 4.90 Å². The molecule has 0 aromatic rings. The quantitative estimate of drug-likeness (QED) is 0.353. The number of carbonyl (C=O) groups is 1. The third-order valence-electron chi connectivity index (χ3n) is 2.21. The van der Waals surface area contributed by atoms with Gasteiger partial charge >= 0.3 is 6.09 Å². The minimum absolute atomic E-state index is 0.0116. The number of hydrogen-bond donors (Lipinski definition) is 3. The first kappa shape index (κ1) is 9.63.